The van der Waals surface area contributed by atoms with Crippen LogP contribution in [0.4, 0.5) is 0 Å². The molecule has 1 heteroatoms. The smallest absolute Gasteiger partial charge is 0.0594 e. The van der Waals surface area contributed by atoms with Gasteiger partial charge in [-0.2, -0.15) is 0 Å². The Balaban J connectivity index is 1.50. The number of allylic oxidation sites excluding steroid dienone is 4. The lowest BCUT2D eigenvalue weighted by Gasteiger charge is -2.53. The lowest BCUT2D eigenvalue weighted by Crippen LogP contribution is -2.50. The Hall–Kier alpha value is -0.560. The molecule has 4 rings (SSSR count). The Kier molecular flexibility index (Phi) is 5.86. The lowest BCUT2D eigenvalue weighted by molar-refractivity contribution is -0.100. The lowest BCUT2D eigenvalue weighted by atomic mass is 9.53. The van der Waals surface area contributed by atoms with E-state index in [4.69, 9.17) is 0 Å². The maximum atomic E-state index is 10.7. The predicted octanol–water partition coefficient (Wildman–Crippen LogP) is 7.70. The summed E-state index contributed by atoms with van der Waals surface area (Å²) < 4.78 is 0. The van der Waals surface area contributed by atoms with Crippen molar-refractivity contribution in [1.29, 1.82) is 0 Å². The minimum absolute atomic E-state index is 0.0965. The van der Waals surface area contributed by atoms with Crippen molar-refractivity contribution in [2.45, 2.75) is 112 Å². The quantitative estimate of drug-likeness (QED) is 0.470. The fourth-order valence-corrected chi connectivity index (χ4v) is 8.67. The van der Waals surface area contributed by atoms with E-state index in [1.54, 1.807) is 0 Å². The van der Waals surface area contributed by atoms with Gasteiger partial charge in [0.1, 0.15) is 0 Å². The van der Waals surface area contributed by atoms with Gasteiger partial charge >= 0.3 is 0 Å². The van der Waals surface area contributed by atoms with Crippen LogP contribution in [0.25, 0.3) is 0 Å². The average Bonchev–Trinajstić information content (AvgIpc) is 3.32. The van der Waals surface area contributed by atoms with Crippen molar-refractivity contribution in [3.05, 3.63) is 22.8 Å². The summed E-state index contributed by atoms with van der Waals surface area (Å²) in [4.78, 5) is 0. The first-order chi connectivity index (χ1) is 13.7. The van der Waals surface area contributed by atoms with E-state index in [9.17, 15) is 5.11 Å². The summed E-state index contributed by atoms with van der Waals surface area (Å²) in [5.74, 6) is 4.20. The number of fused-ring (bicyclic) bond motifs is 2. The summed E-state index contributed by atoms with van der Waals surface area (Å²) in [5, 5.41) is 10.7. The monoisotopic (exact) mass is 398 g/mol. The third kappa shape index (κ3) is 3.58. The van der Waals surface area contributed by atoms with E-state index in [2.05, 4.69) is 47.6 Å². The van der Waals surface area contributed by atoms with E-state index in [1.165, 1.54) is 63.4 Å². The Morgan fingerprint density at radius 2 is 1.83 bits per heavy atom. The van der Waals surface area contributed by atoms with Crippen molar-refractivity contribution in [1.82, 2.24) is 0 Å². The van der Waals surface area contributed by atoms with Crippen molar-refractivity contribution in [2.24, 2.45) is 40.4 Å². The van der Waals surface area contributed by atoms with E-state index in [-0.39, 0.29) is 11.5 Å². The molecule has 0 bridgehead atoms. The molecule has 1 N–H and O–H groups in total. The highest BCUT2D eigenvalue weighted by atomic mass is 16.3. The topological polar surface area (TPSA) is 20.2 Å². The first-order valence-electron chi connectivity index (χ1n) is 12.7. The number of rotatable bonds is 5. The summed E-state index contributed by atoms with van der Waals surface area (Å²) in [6.07, 6.45) is 15.6. The van der Waals surface area contributed by atoms with E-state index in [1.807, 2.05) is 11.1 Å². The molecule has 4 aliphatic carbocycles. The van der Waals surface area contributed by atoms with Gasteiger partial charge in [-0.15, -0.1) is 0 Å². The Morgan fingerprint density at radius 1 is 1.07 bits per heavy atom. The van der Waals surface area contributed by atoms with Crippen LogP contribution in [0, 0.1) is 40.4 Å². The predicted molar refractivity (Wildman–Crippen MR) is 124 cm³/mol. The minimum Gasteiger partial charge on any atom is -0.393 e. The van der Waals surface area contributed by atoms with Crippen molar-refractivity contribution in [3.8, 4) is 0 Å². The molecule has 0 heterocycles. The molecule has 164 valence electrons. The van der Waals surface area contributed by atoms with E-state index >= 15 is 0 Å². The molecule has 0 aliphatic heterocycles. The number of hydrogen-bond donors (Lipinski definition) is 1. The highest BCUT2D eigenvalue weighted by molar-refractivity contribution is 5.30. The Morgan fingerprint density at radius 3 is 2.55 bits per heavy atom. The average molecular weight is 399 g/mol. The molecule has 0 radical (unpaired) electrons. The van der Waals surface area contributed by atoms with Crippen LogP contribution in [0.3, 0.4) is 0 Å². The zero-order chi connectivity index (χ0) is 21.0. The molecule has 0 aromatic heterocycles. The Bertz CT molecular complexity index is 678. The van der Waals surface area contributed by atoms with Gasteiger partial charge in [0.05, 0.1) is 6.10 Å². The van der Waals surface area contributed by atoms with Gasteiger partial charge in [0.25, 0.3) is 0 Å². The third-order valence-electron chi connectivity index (χ3n) is 10.2. The molecule has 0 amide bonds. The van der Waals surface area contributed by atoms with Crippen LogP contribution < -0.4 is 0 Å². The molecule has 7 atom stereocenters. The van der Waals surface area contributed by atoms with Gasteiger partial charge in [0.2, 0.25) is 0 Å². The van der Waals surface area contributed by atoms with E-state index < -0.39 is 0 Å². The highest BCUT2D eigenvalue weighted by Crippen LogP contribution is 2.66. The molecule has 0 aromatic rings. The maximum absolute atomic E-state index is 10.7. The molecular weight excluding hydrogens is 352 g/mol. The fourth-order valence-electron chi connectivity index (χ4n) is 8.67. The van der Waals surface area contributed by atoms with E-state index in [0.29, 0.717) is 11.3 Å². The van der Waals surface area contributed by atoms with Crippen molar-refractivity contribution in [3.63, 3.8) is 0 Å². The molecule has 3 fully saturated rings. The van der Waals surface area contributed by atoms with Crippen molar-refractivity contribution >= 4 is 0 Å². The second-order valence-corrected chi connectivity index (χ2v) is 12.3. The van der Waals surface area contributed by atoms with Crippen LogP contribution in [-0.2, 0) is 0 Å². The van der Waals surface area contributed by atoms with E-state index in [0.717, 1.165) is 30.1 Å². The molecule has 0 saturated heterocycles. The van der Waals surface area contributed by atoms with Gasteiger partial charge in [-0.1, -0.05) is 50.5 Å². The molecule has 2 unspecified atom stereocenters. The van der Waals surface area contributed by atoms with Gasteiger partial charge in [-0.25, -0.2) is 0 Å². The van der Waals surface area contributed by atoms with Gasteiger partial charge < -0.3 is 5.11 Å². The minimum atomic E-state index is -0.0990. The number of hydrogen-bond acceptors (Lipinski definition) is 1. The summed E-state index contributed by atoms with van der Waals surface area (Å²) in [7, 11) is 0. The standard InChI is InChI=1S/C28H46O/c1-18(2)8-7-9-19(3)20-10-11-22-21(20)12-13-23(22)24-14-15-25-27(4,5)26(29)16-17-28(24,25)6/h8,19,22-26,29H,7,9-17H2,1-6H3/t19?,22-,23+,24+,25?,26-,28+/m0/s1. The molecule has 0 aromatic carbocycles. The fraction of sp³-hybridized carbons (Fsp3) is 0.857. The normalized spacial score (nSPS) is 42.0. The first-order valence-corrected chi connectivity index (χ1v) is 12.7. The molecule has 1 nitrogen and oxygen atoms in total. The molecule has 0 spiro atoms. The van der Waals surface area contributed by atoms with Crippen LogP contribution >= 0.6 is 0 Å². The van der Waals surface area contributed by atoms with Gasteiger partial charge in [0, 0.05) is 0 Å². The van der Waals surface area contributed by atoms with Crippen LogP contribution in [0.15, 0.2) is 22.8 Å². The largest absolute Gasteiger partial charge is 0.393 e. The van der Waals surface area contributed by atoms with Gasteiger partial charge in [-0.3, -0.25) is 0 Å². The zero-order valence-electron chi connectivity index (χ0n) is 20.1. The molecule has 29 heavy (non-hydrogen) atoms. The van der Waals surface area contributed by atoms with Crippen LogP contribution in [0.5, 0.6) is 0 Å². The Labute approximate surface area is 180 Å². The molecule has 4 aliphatic rings. The SMILES string of the molecule is CC(C)=CCCC(C)C1=C2CC[C@@H]([C@H]3CCC4C(C)(C)[C@@H](O)CC[C@@]43C)[C@H]2CC1. The first kappa shape index (κ1) is 21.7. The van der Waals surface area contributed by atoms with Crippen molar-refractivity contribution in [2.75, 3.05) is 0 Å². The third-order valence-corrected chi connectivity index (χ3v) is 10.2. The summed E-state index contributed by atoms with van der Waals surface area (Å²) in [6.45, 7) is 14.3. The summed E-state index contributed by atoms with van der Waals surface area (Å²) >= 11 is 0. The van der Waals surface area contributed by atoms with Crippen LogP contribution in [-0.4, -0.2) is 11.2 Å². The molecule has 3 saturated carbocycles. The van der Waals surface area contributed by atoms with Gasteiger partial charge in [0.15, 0.2) is 0 Å². The van der Waals surface area contributed by atoms with Crippen LogP contribution in [0.2, 0.25) is 0 Å². The molecular formula is C28H46O. The summed E-state index contributed by atoms with van der Waals surface area (Å²) in [6, 6.07) is 0. The number of aliphatic hydroxyl groups excluding tert-OH is 1. The van der Waals surface area contributed by atoms with Crippen molar-refractivity contribution < 1.29 is 5.11 Å². The maximum Gasteiger partial charge on any atom is 0.0594 e. The van der Waals surface area contributed by atoms with Crippen LogP contribution in [0.1, 0.15) is 106 Å². The zero-order valence-corrected chi connectivity index (χ0v) is 20.1. The number of aliphatic hydroxyl groups is 1. The van der Waals surface area contributed by atoms with Gasteiger partial charge in [-0.05, 0) is 118 Å². The second-order valence-electron chi connectivity index (χ2n) is 12.3. The highest BCUT2D eigenvalue weighted by Gasteiger charge is 2.60. The second kappa shape index (κ2) is 7.85. The summed E-state index contributed by atoms with van der Waals surface area (Å²) in [5.41, 5.74) is 5.78.